The zero-order valence-electron chi connectivity index (χ0n) is 12.3. The molecule has 23 heavy (non-hydrogen) atoms. The van der Waals surface area contributed by atoms with Gasteiger partial charge in [-0.3, -0.25) is 15.0 Å². The topological polar surface area (TPSA) is 117 Å². The number of ether oxygens (including phenoxy) is 1. The Hall–Kier alpha value is -2.30. The van der Waals surface area contributed by atoms with Gasteiger partial charge in [-0.15, -0.1) is 0 Å². The minimum atomic E-state index is -0.851. The monoisotopic (exact) mass is 336 g/mol. The van der Waals surface area contributed by atoms with Crippen LogP contribution in [-0.2, 0) is 9.59 Å². The van der Waals surface area contributed by atoms with Crippen molar-refractivity contribution in [3.05, 3.63) is 28.8 Å². The third kappa shape index (κ3) is 4.58. The van der Waals surface area contributed by atoms with Gasteiger partial charge in [0.2, 0.25) is 0 Å². The number of amides is 2. The van der Waals surface area contributed by atoms with Crippen LogP contribution in [0, 0.1) is 11.3 Å². The summed E-state index contributed by atoms with van der Waals surface area (Å²) in [5.41, 5.74) is 2.21. The molecule has 0 saturated heterocycles. The summed E-state index contributed by atoms with van der Waals surface area (Å²) in [4.78, 5) is 22.5. The molecule has 1 saturated carbocycles. The number of nitriles is 1. The number of nitrogens with one attached hydrogen (secondary N) is 2. The van der Waals surface area contributed by atoms with E-state index in [9.17, 15) is 9.59 Å². The van der Waals surface area contributed by atoms with Gasteiger partial charge in [-0.1, -0.05) is 11.6 Å². The van der Waals surface area contributed by atoms with E-state index < -0.39 is 11.8 Å². The molecule has 1 aliphatic carbocycles. The number of carbonyl (C=O) groups excluding carboxylic acids is 2. The summed E-state index contributed by atoms with van der Waals surface area (Å²) in [5, 5.41) is 11.8. The smallest absolute Gasteiger partial charge is 0.323 e. The van der Waals surface area contributed by atoms with Crippen molar-refractivity contribution in [2.24, 2.45) is 5.84 Å². The summed E-state index contributed by atoms with van der Waals surface area (Å²) in [6, 6.07) is 6.89. The Bertz CT molecular complexity index is 636. The summed E-state index contributed by atoms with van der Waals surface area (Å²) in [7, 11) is 0. The molecular weight excluding hydrogens is 320 g/mol. The summed E-state index contributed by atoms with van der Waals surface area (Å²) >= 11 is 5.97. The summed E-state index contributed by atoms with van der Waals surface area (Å²) in [6.45, 7) is 0. The highest BCUT2D eigenvalue weighted by Crippen LogP contribution is 2.27. The van der Waals surface area contributed by atoms with E-state index in [1.165, 1.54) is 0 Å². The number of hydrazine groups is 1. The van der Waals surface area contributed by atoms with Crippen LogP contribution in [0.2, 0.25) is 5.02 Å². The lowest BCUT2D eigenvalue weighted by molar-refractivity contribution is -0.139. The van der Waals surface area contributed by atoms with Gasteiger partial charge in [0, 0.05) is 12.1 Å². The van der Waals surface area contributed by atoms with Gasteiger partial charge in [-0.2, -0.15) is 5.26 Å². The second-order valence-electron chi connectivity index (χ2n) is 5.29. The van der Waals surface area contributed by atoms with Crippen molar-refractivity contribution in [1.29, 1.82) is 5.26 Å². The van der Waals surface area contributed by atoms with Gasteiger partial charge in [0.05, 0.1) is 16.7 Å². The number of hydrogen-bond donors (Lipinski definition) is 3. The van der Waals surface area contributed by atoms with Gasteiger partial charge < -0.3 is 10.1 Å². The number of halogens is 1. The third-order valence-electron chi connectivity index (χ3n) is 3.71. The molecule has 0 radical (unpaired) electrons. The van der Waals surface area contributed by atoms with E-state index in [-0.39, 0.29) is 12.1 Å². The van der Waals surface area contributed by atoms with Crippen molar-refractivity contribution >= 4 is 23.4 Å². The molecule has 1 aromatic carbocycles. The first-order valence-corrected chi connectivity index (χ1v) is 7.59. The molecule has 0 atom stereocenters. The van der Waals surface area contributed by atoms with Crippen molar-refractivity contribution in [2.45, 2.75) is 37.8 Å². The fourth-order valence-electron chi connectivity index (χ4n) is 2.49. The van der Waals surface area contributed by atoms with Crippen LogP contribution in [0.1, 0.15) is 31.2 Å². The van der Waals surface area contributed by atoms with Crippen molar-refractivity contribution < 1.29 is 14.3 Å². The second kappa shape index (κ2) is 7.81. The van der Waals surface area contributed by atoms with Crippen molar-refractivity contribution in [3.63, 3.8) is 0 Å². The SMILES string of the molecule is N#Cc1ccc(OC2CCC(NC(=O)C(=O)NN)CC2)cc1Cl. The van der Waals surface area contributed by atoms with Gasteiger partial charge in [0.1, 0.15) is 11.8 Å². The average molecular weight is 337 g/mol. The molecule has 0 unspecified atom stereocenters. The number of hydrogen-bond acceptors (Lipinski definition) is 5. The molecule has 1 fully saturated rings. The predicted molar refractivity (Wildman–Crippen MR) is 83.3 cm³/mol. The normalized spacial score (nSPS) is 20.2. The number of benzene rings is 1. The summed E-state index contributed by atoms with van der Waals surface area (Å²) < 4.78 is 5.85. The molecule has 7 nitrogen and oxygen atoms in total. The van der Waals surface area contributed by atoms with E-state index in [1.54, 1.807) is 23.6 Å². The highest BCUT2D eigenvalue weighted by Gasteiger charge is 2.25. The largest absolute Gasteiger partial charge is 0.490 e. The molecular formula is C15H17ClN4O3. The second-order valence-corrected chi connectivity index (χ2v) is 5.70. The molecule has 1 aromatic rings. The first-order valence-electron chi connectivity index (χ1n) is 7.21. The zero-order valence-corrected chi connectivity index (χ0v) is 13.1. The number of nitrogens with zero attached hydrogens (tertiary/aromatic N) is 1. The Morgan fingerprint density at radius 3 is 2.52 bits per heavy atom. The highest BCUT2D eigenvalue weighted by atomic mass is 35.5. The van der Waals surface area contributed by atoms with Crippen LogP contribution in [0.15, 0.2) is 18.2 Å². The predicted octanol–water partition coefficient (Wildman–Crippen LogP) is 1.01. The van der Waals surface area contributed by atoms with E-state index in [2.05, 4.69) is 5.32 Å². The molecule has 0 bridgehead atoms. The third-order valence-corrected chi connectivity index (χ3v) is 4.02. The van der Waals surface area contributed by atoms with Crippen LogP contribution in [-0.4, -0.2) is 24.0 Å². The molecule has 0 aliphatic heterocycles. The first-order chi connectivity index (χ1) is 11.0. The van der Waals surface area contributed by atoms with Crippen LogP contribution in [0.25, 0.3) is 0 Å². The average Bonchev–Trinajstić information content (AvgIpc) is 2.56. The number of nitrogens with two attached hydrogens (primary N) is 1. The molecule has 0 spiro atoms. The molecule has 4 N–H and O–H groups in total. The first kappa shape index (κ1) is 17.1. The lowest BCUT2D eigenvalue weighted by Gasteiger charge is -2.29. The van der Waals surface area contributed by atoms with E-state index in [0.717, 1.165) is 12.8 Å². The number of carbonyl (C=O) groups is 2. The van der Waals surface area contributed by atoms with E-state index >= 15 is 0 Å². The van der Waals surface area contributed by atoms with Crippen LogP contribution in [0.3, 0.4) is 0 Å². The fraction of sp³-hybridized carbons (Fsp3) is 0.400. The molecule has 2 rings (SSSR count). The number of rotatable bonds is 3. The maximum Gasteiger partial charge on any atom is 0.323 e. The van der Waals surface area contributed by atoms with Crippen LogP contribution in [0.5, 0.6) is 5.75 Å². The van der Waals surface area contributed by atoms with E-state index in [0.29, 0.717) is 29.2 Å². The Morgan fingerprint density at radius 1 is 1.26 bits per heavy atom. The van der Waals surface area contributed by atoms with Gasteiger partial charge in [-0.25, -0.2) is 5.84 Å². The fourth-order valence-corrected chi connectivity index (χ4v) is 2.71. The van der Waals surface area contributed by atoms with Crippen molar-refractivity contribution in [3.8, 4) is 11.8 Å². The van der Waals surface area contributed by atoms with Gasteiger partial charge >= 0.3 is 11.8 Å². The maximum atomic E-state index is 11.4. The van der Waals surface area contributed by atoms with Gasteiger partial charge in [0.15, 0.2) is 0 Å². The van der Waals surface area contributed by atoms with Crippen LogP contribution < -0.4 is 21.3 Å². The van der Waals surface area contributed by atoms with Crippen molar-refractivity contribution in [2.75, 3.05) is 0 Å². The standard InChI is InChI=1S/C15H17ClN4O3/c16-13-7-12(4-1-9(13)8-17)23-11-5-2-10(3-6-11)19-14(21)15(22)20-18/h1,4,7,10-11H,2-3,5-6,18H2,(H,19,21)(H,20,22). The van der Waals surface area contributed by atoms with Crippen molar-refractivity contribution in [1.82, 2.24) is 10.7 Å². The van der Waals surface area contributed by atoms with Gasteiger partial charge in [-0.05, 0) is 37.8 Å². The molecule has 122 valence electrons. The minimum absolute atomic E-state index is 0.00971. The zero-order chi connectivity index (χ0) is 16.8. The molecule has 1 aliphatic rings. The molecule has 8 heteroatoms. The maximum absolute atomic E-state index is 11.4. The van der Waals surface area contributed by atoms with Crippen LogP contribution in [0.4, 0.5) is 0 Å². The Kier molecular flexibility index (Phi) is 5.79. The molecule has 0 heterocycles. The van der Waals surface area contributed by atoms with Crippen LogP contribution >= 0.6 is 11.6 Å². The van der Waals surface area contributed by atoms with Gasteiger partial charge in [0.25, 0.3) is 0 Å². The lowest BCUT2D eigenvalue weighted by atomic mass is 9.93. The highest BCUT2D eigenvalue weighted by molar-refractivity contribution is 6.35. The Labute approximate surface area is 138 Å². The molecule has 0 aromatic heterocycles. The minimum Gasteiger partial charge on any atom is -0.490 e. The van der Waals surface area contributed by atoms with E-state index in [1.807, 2.05) is 6.07 Å². The Morgan fingerprint density at radius 2 is 1.96 bits per heavy atom. The lowest BCUT2D eigenvalue weighted by Crippen LogP contribution is -2.48. The molecule has 2 amide bonds. The van der Waals surface area contributed by atoms with E-state index in [4.69, 9.17) is 27.4 Å². The quantitative estimate of drug-likeness (QED) is 0.329. The summed E-state index contributed by atoms with van der Waals surface area (Å²) in [5.74, 6) is 3.94. The Balaban J connectivity index is 1.83. The summed E-state index contributed by atoms with van der Waals surface area (Å²) in [6.07, 6.45) is 2.91.